The van der Waals surface area contributed by atoms with E-state index in [1.165, 1.54) is 5.56 Å². The van der Waals surface area contributed by atoms with Gasteiger partial charge in [0.05, 0.1) is 13.7 Å². The van der Waals surface area contributed by atoms with E-state index in [4.69, 9.17) is 4.74 Å². The summed E-state index contributed by atoms with van der Waals surface area (Å²) in [4.78, 5) is 0. The molecule has 0 aliphatic rings. The Morgan fingerprint density at radius 2 is 2.25 bits per heavy atom. The normalized spacial score (nSPS) is 10.8. The quantitative estimate of drug-likeness (QED) is 0.781. The van der Waals surface area contributed by atoms with Crippen molar-refractivity contribution in [2.75, 3.05) is 20.7 Å². The zero-order valence-electron chi connectivity index (χ0n) is 12.0. The first-order valence-corrected chi connectivity index (χ1v) is 7.40. The summed E-state index contributed by atoms with van der Waals surface area (Å²) in [6.45, 7) is 3.67. The number of rotatable bonds is 7. The number of aromatic nitrogens is 4. The predicted molar refractivity (Wildman–Crippen MR) is 79.0 cm³/mol. The molecule has 6 nitrogen and oxygen atoms in total. The Labute approximate surface area is 122 Å². The van der Waals surface area contributed by atoms with Crippen LogP contribution in [0.1, 0.15) is 11.1 Å². The minimum atomic E-state index is 0.761. The second kappa shape index (κ2) is 7.25. The number of aryl methyl sites for hydroxylation is 1. The van der Waals surface area contributed by atoms with Gasteiger partial charge in [0.2, 0.25) is 5.16 Å². The van der Waals surface area contributed by atoms with E-state index < -0.39 is 0 Å². The molecular weight excluding hydrogens is 274 g/mol. The number of nitrogens with zero attached hydrogens (tertiary/aromatic N) is 4. The Morgan fingerprint density at radius 3 is 3.00 bits per heavy atom. The van der Waals surface area contributed by atoms with E-state index >= 15 is 0 Å². The van der Waals surface area contributed by atoms with Crippen molar-refractivity contribution in [3.8, 4) is 5.75 Å². The number of ether oxygens (including phenoxy) is 1. The van der Waals surface area contributed by atoms with Crippen LogP contribution in [0.25, 0.3) is 0 Å². The lowest BCUT2D eigenvalue weighted by atomic mass is 10.1. The molecule has 0 atom stereocenters. The minimum absolute atomic E-state index is 0.761. The molecule has 0 spiro atoms. The van der Waals surface area contributed by atoms with Gasteiger partial charge in [-0.1, -0.05) is 29.5 Å². The molecule has 0 saturated heterocycles. The third kappa shape index (κ3) is 3.71. The van der Waals surface area contributed by atoms with Gasteiger partial charge in [-0.3, -0.25) is 0 Å². The lowest BCUT2D eigenvalue weighted by Gasteiger charge is -2.09. The van der Waals surface area contributed by atoms with E-state index in [1.807, 2.05) is 23.9 Å². The maximum Gasteiger partial charge on any atom is 0.209 e. The molecule has 0 fully saturated rings. The highest BCUT2D eigenvalue weighted by Crippen LogP contribution is 2.27. The number of thioether (sulfide) groups is 1. The third-order valence-electron chi connectivity index (χ3n) is 2.87. The van der Waals surface area contributed by atoms with Crippen molar-refractivity contribution in [1.82, 2.24) is 25.5 Å². The van der Waals surface area contributed by atoms with Gasteiger partial charge in [0.1, 0.15) is 5.75 Å². The van der Waals surface area contributed by atoms with Crippen LogP contribution in [-0.4, -0.2) is 40.9 Å². The Balaban J connectivity index is 2.05. The molecular formula is C13H19N5OS. The summed E-state index contributed by atoms with van der Waals surface area (Å²) in [7, 11) is 3.60. The van der Waals surface area contributed by atoms with Gasteiger partial charge in [0.15, 0.2) is 0 Å². The zero-order valence-corrected chi connectivity index (χ0v) is 12.8. The maximum atomic E-state index is 5.38. The summed E-state index contributed by atoms with van der Waals surface area (Å²) in [5.41, 5.74) is 2.37. The molecule has 0 radical (unpaired) electrons. The van der Waals surface area contributed by atoms with Crippen LogP contribution in [0.15, 0.2) is 23.4 Å². The molecule has 1 N–H and O–H groups in total. The van der Waals surface area contributed by atoms with E-state index in [0.29, 0.717) is 0 Å². The van der Waals surface area contributed by atoms with Crippen molar-refractivity contribution in [3.05, 3.63) is 29.3 Å². The van der Waals surface area contributed by atoms with E-state index in [2.05, 4.69) is 33.8 Å². The van der Waals surface area contributed by atoms with Crippen LogP contribution in [0, 0.1) is 6.92 Å². The fraction of sp³-hybridized carbons (Fsp3) is 0.462. The average Bonchev–Trinajstić information content (AvgIpc) is 2.90. The van der Waals surface area contributed by atoms with Crippen molar-refractivity contribution < 1.29 is 4.74 Å². The van der Waals surface area contributed by atoms with Gasteiger partial charge in [-0.25, -0.2) is 4.68 Å². The highest BCUT2D eigenvalue weighted by molar-refractivity contribution is 7.98. The number of tetrazole rings is 1. The number of likely N-dealkylation sites (N-methyl/N-ethyl adjacent to an activating group) is 1. The predicted octanol–water partition coefficient (Wildman–Crippen LogP) is 1.50. The van der Waals surface area contributed by atoms with Gasteiger partial charge in [-0.15, -0.1) is 5.10 Å². The third-order valence-corrected chi connectivity index (χ3v) is 3.87. The van der Waals surface area contributed by atoms with E-state index in [0.717, 1.165) is 35.3 Å². The molecule has 0 aliphatic heterocycles. The van der Waals surface area contributed by atoms with Crippen molar-refractivity contribution >= 4 is 11.8 Å². The fourth-order valence-electron chi connectivity index (χ4n) is 1.82. The summed E-state index contributed by atoms with van der Waals surface area (Å²) >= 11 is 1.61. The van der Waals surface area contributed by atoms with Crippen LogP contribution in [0.5, 0.6) is 5.75 Å². The van der Waals surface area contributed by atoms with Crippen LogP contribution >= 0.6 is 11.8 Å². The molecule has 1 aromatic heterocycles. The highest BCUT2D eigenvalue weighted by Gasteiger charge is 2.09. The van der Waals surface area contributed by atoms with Crippen molar-refractivity contribution in [2.24, 2.45) is 0 Å². The largest absolute Gasteiger partial charge is 0.496 e. The number of hydrogen-bond acceptors (Lipinski definition) is 6. The molecule has 0 amide bonds. The summed E-state index contributed by atoms with van der Waals surface area (Å²) in [5.74, 6) is 1.68. The Kier molecular flexibility index (Phi) is 5.37. The van der Waals surface area contributed by atoms with Gasteiger partial charge in [-0.05, 0) is 30.5 Å². The topological polar surface area (TPSA) is 64.9 Å². The smallest absolute Gasteiger partial charge is 0.209 e. The van der Waals surface area contributed by atoms with Crippen LogP contribution in [0.2, 0.25) is 0 Å². The monoisotopic (exact) mass is 293 g/mol. The average molecular weight is 293 g/mol. The van der Waals surface area contributed by atoms with Crippen molar-refractivity contribution in [1.29, 1.82) is 0 Å². The number of methoxy groups -OCH3 is 1. The van der Waals surface area contributed by atoms with Gasteiger partial charge < -0.3 is 10.1 Å². The van der Waals surface area contributed by atoms with Crippen LogP contribution in [-0.2, 0) is 12.3 Å². The summed E-state index contributed by atoms with van der Waals surface area (Å²) in [6, 6.07) is 6.17. The van der Waals surface area contributed by atoms with E-state index in [9.17, 15) is 0 Å². The minimum Gasteiger partial charge on any atom is -0.496 e. The molecule has 0 aliphatic carbocycles. The highest BCUT2D eigenvalue weighted by atomic mass is 32.2. The zero-order chi connectivity index (χ0) is 14.4. The molecule has 1 heterocycles. The SMILES string of the molecule is CNCCn1nnnc1SCc1cc(C)ccc1OC. The second-order valence-electron chi connectivity index (χ2n) is 4.39. The first-order valence-electron chi connectivity index (χ1n) is 6.41. The van der Waals surface area contributed by atoms with Gasteiger partial charge >= 0.3 is 0 Å². The summed E-state index contributed by atoms with van der Waals surface area (Å²) in [5, 5.41) is 15.7. The van der Waals surface area contributed by atoms with E-state index in [-0.39, 0.29) is 0 Å². The van der Waals surface area contributed by atoms with Gasteiger partial charge in [0, 0.05) is 17.9 Å². The first-order chi connectivity index (χ1) is 9.74. The molecule has 7 heteroatoms. The standard InChI is InChI=1S/C13H19N5OS/c1-10-4-5-12(19-3)11(8-10)9-20-13-15-16-17-18(13)7-6-14-2/h4-5,8,14H,6-7,9H2,1-3H3. The second-order valence-corrected chi connectivity index (χ2v) is 5.33. The lowest BCUT2D eigenvalue weighted by Crippen LogP contribution is -2.16. The van der Waals surface area contributed by atoms with Crippen LogP contribution in [0.3, 0.4) is 0 Å². The number of benzene rings is 1. The van der Waals surface area contributed by atoms with Crippen molar-refractivity contribution in [3.63, 3.8) is 0 Å². The Bertz CT molecular complexity index is 557. The van der Waals surface area contributed by atoms with E-state index in [1.54, 1.807) is 18.9 Å². The Hall–Kier alpha value is -1.60. The van der Waals surface area contributed by atoms with Crippen LogP contribution in [0.4, 0.5) is 0 Å². The molecule has 0 bridgehead atoms. The maximum absolute atomic E-state index is 5.38. The summed E-state index contributed by atoms with van der Waals surface area (Å²) in [6.07, 6.45) is 0. The molecule has 0 unspecified atom stereocenters. The van der Waals surface area contributed by atoms with Gasteiger partial charge in [-0.2, -0.15) is 0 Å². The first kappa shape index (κ1) is 14.8. The number of nitrogens with one attached hydrogen (secondary N) is 1. The molecule has 108 valence electrons. The molecule has 2 rings (SSSR count). The number of hydrogen-bond donors (Lipinski definition) is 1. The molecule has 1 aromatic carbocycles. The molecule has 2 aromatic rings. The van der Waals surface area contributed by atoms with Crippen LogP contribution < -0.4 is 10.1 Å². The Morgan fingerprint density at radius 1 is 1.40 bits per heavy atom. The molecule has 20 heavy (non-hydrogen) atoms. The fourth-order valence-corrected chi connectivity index (χ4v) is 2.70. The van der Waals surface area contributed by atoms with Gasteiger partial charge in [0.25, 0.3) is 0 Å². The molecule has 0 saturated carbocycles. The van der Waals surface area contributed by atoms with Crippen molar-refractivity contribution in [2.45, 2.75) is 24.4 Å². The summed E-state index contributed by atoms with van der Waals surface area (Å²) < 4.78 is 7.19. The lowest BCUT2D eigenvalue weighted by molar-refractivity contribution is 0.411.